The molecule has 11 heavy (non-hydrogen) atoms. The van der Waals surface area contributed by atoms with Crippen molar-refractivity contribution in [3.05, 3.63) is 42.6 Å². The summed E-state index contributed by atoms with van der Waals surface area (Å²) in [4.78, 5) is 4.18. The molecule has 0 unspecified atom stereocenters. The highest BCUT2D eigenvalue weighted by atomic mass is 28.1. The van der Waals surface area contributed by atoms with Crippen LogP contribution in [0.2, 0.25) is 0 Å². The molecule has 1 heterocycles. The van der Waals surface area contributed by atoms with Crippen LogP contribution in [0.5, 0.6) is 0 Å². The minimum Gasteiger partial charge on any atom is -0.256 e. The van der Waals surface area contributed by atoms with Crippen molar-refractivity contribution < 1.29 is 0 Å². The van der Waals surface area contributed by atoms with Gasteiger partial charge in [0.2, 0.25) is 0 Å². The summed E-state index contributed by atoms with van der Waals surface area (Å²) in [6.45, 7) is 0. The minimum absolute atomic E-state index is 0. The minimum atomic E-state index is 0. The molecule has 0 bridgehead atoms. The van der Waals surface area contributed by atoms with Gasteiger partial charge in [-0.2, -0.15) is 0 Å². The van der Waals surface area contributed by atoms with E-state index in [2.05, 4.69) is 17.1 Å². The summed E-state index contributed by atoms with van der Waals surface area (Å²) in [7, 11) is 0. The maximum absolute atomic E-state index is 4.18. The van der Waals surface area contributed by atoms with E-state index in [4.69, 9.17) is 0 Å². The van der Waals surface area contributed by atoms with E-state index >= 15 is 0 Å². The number of aromatic nitrogens is 1. The standard InChI is InChI=1S/C9H7N.Si/c1-2-6-9-8(4-1)5-3-7-10-9;/h1-7H;. The molecule has 0 fully saturated rings. The second-order valence-electron chi connectivity index (χ2n) is 2.20. The van der Waals surface area contributed by atoms with Gasteiger partial charge < -0.3 is 0 Å². The third-order valence-electron chi connectivity index (χ3n) is 1.51. The molecule has 0 N–H and O–H groups in total. The molecule has 52 valence electrons. The average molecular weight is 157 g/mol. The summed E-state index contributed by atoms with van der Waals surface area (Å²) >= 11 is 0. The lowest BCUT2D eigenvalue weighted by Gasteiger charge is -1.91. The fourth-order valence-electron chi connectivity index (χ4n) is 1.02. The topological polar surface area (TPSA) is 12.9 Å². The van der Waals surface area contributed by atoms with E-state index in [1.165, 1.54) is 5.39 Å². The number of fused-ring (bicyclic) bond motifs is 1. The Balaban J connectivity index is 0.000000605. The van der Waals surface area contributed by atoms with Crippen molar-refractivity contribution in [1.29, 1.82) is 0 Å². The number of rotatable bonds is 0. The molecule has 4 radical (unpaired) electrons. The summed E-state index contributed by atoms with van der Waals surface area (Å²) in [6, 6.07) is 12.1. The second kappa shape index (κ2) is 3.30. The number of hydrogen-bond donors (Lipinski definition) is 0. The Labute approximate surface area is 70.1 Å². The van der Waals surface area contributed by atoms with E-state index < -0.39 is 0 Å². The number of pyridine rings is 1. The maximum atomic E-state index is 4.18. The largest absolute Gasteiger partial charge is 0.256 e. The van der Waals surface area contributed by atoms with Crippen LogP contribution in [0.15, 0.2) is 42.6 Å². The molecule has 0 spiro atoms. The Morgan fingerprint density at radius 3 is 2.45 bits per heavy atom. The smallest absolute Gasteiger partial charge is 0.0701 e. The molecule has 1 aromatic carbocycles. The lowest BCUT2D eigenvalue weighted by Crippen LogP contribution is -1.73. The van der Waals surface area contributed by atoms with Gasteiger partial charge in [0.15, 0.2) is 0 Å². The number of para-hydroxylation sites is 1. The maximum Gasteiger partial charge on any atom is 0.0701 e. The van der Waals surface area contributed by atoms with Crippen molar-refractivity contribution in [1.82, 2.24) is 4.98 Å². The molecule has 0 aliphatic rings. The van der Waals surface area contributed by atoms with Crippen molar-refractivity contribution in [3.8, 4) is 0 Å². The third-order valence-corrected chi connectivity index (χ3v) is 1.51. The SMILES string of the molecule is [Si].c1ccc2ncccc2c1. The molecule has 2 aromatic rings. The van der Waals surface area contributed by atoms with E-state index in [1.54, 1.807) is 0 Å². The molecular formula is C9H7NSi. The average Bonchev–Trinajstić information content (AvgIpc) is 2.05. The molecule has 0 amide bonds. The highest BCUT2D eigenvalue weighted by Crippen LogP contribution is 2.07. The second-order valence-corrected chi connectivity index (χ2v) is 2.20. The van der Waals surface area contributed by atoms with Crippen molar-refractivity contribution in [2.24, 2.45) is 0 Å². The highest BCUT2D eigenvalue weighted by molar-refractivity contribution is 5.77. The first kappa shape index (κ1) is 7.95. The van der Waals surface area contributed by atoms with E-state index in [1.807, 2.05) is 30.5 Å². The normalized spacial score (nSPS) is 9.09. The molecule has 2 rings (SSSR count). The highest BCUT2D eigenvalue weighted by Gasteiger charge is 1.86. The molecule has 1 aromatic heterocycles. The van der Waals surface area contributed by atoms with Crippen LogP contribution in [0.4, 0.5) is 0 Å². The van der Waals surface area contributed by atoms with Crippen LogP contribution in [0.25, 0.3) is 10.9 Å². The van der Waals surface area contributed by atoms with Crippen molar-refractivity contribution in [2.75, 3.05) is 0 Å². The molecule has 2 heteroatoms. The van der Waals surface area contributed by atoms with Crippen LogP contribution < -0.4 is 0 Å². The van der Waals surface area contributed by atoms with Crippen LogP contribution in [0.3, 0.4) is 0 Å². The Hall–Kier alpha value is -1.15. The Bertz CT molecular complexity index is 281. The Morgan fingerprint density at radius 1 is 0.909 bits per heavy atom. The third kappa shape index (κ3) is 1.46. The van der Waals surface area contributed by atoms with Crippen molar-refractivity contribution in [2.45, 2.75) is 0 Å². The Kier molecular flexibility index (Phi) is 2.38. The zero-order valence-electron chi connectivity index (χ0n) is 5.99. The zero-order valence-corrected chi connectivity index (χ0v) is 6.99. The molecule has 0 aliphatic heterocycles. The number of hydrogen-bond acceptors (Lipinski definition) is 1. The quantitative estimate of drug-likeness (QED) is 0.532. The van der Waals surface area contributed by atoms with Gasteiger partial charge in [-0.05, 0) is 12.1 Å². The van der Waals surface area contributed by atoms with Gasteiger partial charge in [0, 0.05) is 22.5 Å². The van der Waals surface area contributed by atoms with Gasteiger partial charge in [0.25, 0.3) is 0 Å². The van der Waals surface area contributed by atoms with Gasteiger partial charge in [-0.25, -0.2) is 0 Å². The van der Waals surface area contributed by atoms with Gasteiger partial charge in [-0.1, -0.05) is 24.3 Å². The van der Waals surface area contributed by atoms with Crippen LogP contribution in [0, 0.1) is 0 Å². The first-order valence-electron chi connectivity index (χ1n) is 3.26. The fraction of sp³-hybridized carbons (Fsp3) is 0. The fourth-order valence-corrected chi connectivity index (χ4v) is 1.02. The van der Waals surface area contributed by atoms with Gasteiger partial charge in [0.05, 0.1) is 5.52 Å². The lowest BCUT2D eigenvalue weighted by molar-refractivity contribution is 1.41. The summed E-state index contributed by atoms with van der Waals surface area (Å²) in [6.07, 6.45) is 1.81. The van der Waals surface area contributed by atoms with Gasteiger partial charge >= 0.3 is 0 Å². The molecule has 1 nitrogen and oxygen atoms in total. The summed E-state index contributed by atoms with van der Waals surface area (Å²) in [5, 5.41) is 1.20. The van der Waals surface area contributed by atoms with Gasteiger partial charge in [0.1, 0.15) is 0 Å². The summed E-state index contributed by atoms with van der Waals surface area (Å²) in [5.74, 6) is 0. The van der Waals surface area contributed by atoms with E-state index in [9.17, 15) is 0 Å². The first-order valence-corrected chi connectivity index (χ1v) is 3.26. The molecule has 0 saturated carbocycles. The summed E-state index contributed by atoms with van der Waals surface area (Å²) in [5.41, 5.74) is 1.06. The van der Waals surface area contributed by atoms with E-state index in [0.717, 1.165) is 5.52 Å². The van der Waals surface area contributed by atoms with E-state index in [0.29, 0.717) is 0 Å². The van der Waals surface area contributed by atoms with Crippen LogP contribution in [0.1, 0.15) is 0 Å². The molecular weight excluding hydrogens is 150 g/mol. The van der Waals surface area contributed by atoms with Crippen LogP contribution in [-0.2, 0) is 0 Å². The first-order chi connectivity index (χ1) is 4.97. The van der Waals surface area contributed by atoms with Gasteiger partial charge in [-0.3, -0.25) is 4.98 Å². The zero-order chi connectivity index (χ0) is 6.81. The molecule has 0 saturated heterocycles. The Morgan fingerprint density at radius 2 is 1.64 bits per heavy atom. The van der Waals surface area contributed by atoms with Crippen molar-refractivity contribution >= 4 is 21.9 Å². The van der Waals surface area contributed by atoms with Crippen LogP contribution >= 0.6 is 0 Å². The number of benzene rings is 1. The monoisotopic (exact) mass is 157 g/mol. The molecule has 0 aliphatic carbocycles. The summed E-state index contributed by atoms with van der Waals surface area (Å²) < 4.78 is 0. The van der Waals surface area contributed by atoms with Crippen LogP contribution in [-0.4, -0.2) is 15.9 Å². The predicted molar refractivity (Wildman–Crippen MR) is 47.5 cm³/mol. The molecule has 0 atom stereocenters. The van der Waals surface area contributed by atoms with Crippen molar-refractivity contribution in [3.63, 3.8) is 0 Å². The number of nitrogens with zero attached hydrogens (tertiary/aromatic N) is 1. The van der Waals surface area contributed by atoms with E-state index in [-0.39, 0.29) is 11.0 Å². The lowest BCUT2D eigenvalue weighted by atomic mass is 10.2. The predicted octanol–water partition coefficient (Wildman–Crippen LogP) is 1.85. The van der Waals surface area contributed by atoms with Gasteiger partial charge in [-0.15, -0.1) is 0 Å².